The molecule has 1 fully saturated rings. The normalized spacial score (nSPS) is 20.5. The van der Waals surface area contributed by atoms with Crippen LogP contribution in [0.3, 0.4) is 0 Å². The van der Waals surface area contributed by atoms with Crippen molar-refractivity contribution in [1.29, 1.82) is 0 Å². The minimum absolute atomic E-state index is 0.0597. The highest BCUT2D eigenvalue weighted by Crippen LogP contribution is 2.30. The summed E-state index contributed by atoms with van der Waals surface area (Å²) in [7, 11) is -0.177. The van der Waals surface area contributed by atoms with Crippen LogP contribution < -0.4 is 0 Å². The highest BCUT2D eigenvalue weighted by molar-refractivity contribution is 6.52. The van der Waals surface area contributed by atoms with Crippen LogP contribution in [-0.4, -0.2) is 13.4 Å². The third-order valence-electron chi connectivity index (χ3n) is 1.41. The van der Waals surface area contributed by atoms with Crippen LogP contribution >= 0.6 is 0 Å². The average Bonchev–Trinajstić information content (AvgIpc) is 1.57. The summed E-state index contributed by atoms with van der Waals surface area (Å²) in [5, 5.41) is 0. The molecule has 0 spiro atoms. The van der Waals surface area contributed by atoms with E-state index in [2.05, 4.69) is 27.4 Å². The largest absolute Gasteiger partial charge is 0.489 e. The average molecular weight is 140 g/mol. The van der Waals surface area contributed by atoms with Crippen molar-refractivity contribution >= 4 is 7.12 Å². The molecule has 1 heterocycles. The molecule has 0 atom stereocenters. The molecule has 0 aromatic rings. The van der Waals surface area contributed by atoms with Crippen molar-refractivity contribution in [1.82, 2.24) is 0 Å². The molecule has 56 valence electrons. The summed E-state index contributed by atoms with van der Waals surface area (Å²) in [4.78, 5) is 0. The Bertz CT molecular complexity index is 133. The maximum absolute atomic E-state index is 5.31. The SMILES string of the molecule is C=CB1OC(C(C)(C)C)O1. The van der Waals surface area contributed by atoms with Crippen molar-refractivity contribution in [3.63, 3.8) is 0 Å². The number of hydrogen-bond donors (Lipinski definition) is 0. The van der Waals surface area contributed by atoms with Crippen LogP contribution in [0.5, 0.6) is 0 Å². The zero-order valence-corrected chi connectivity index (χ0v) is 6.76. The molecule has 0 aromatic carbocycles. The summed E-state index contributed by atoms with van der Waals surface area (Å²) < 4.78 is 10.6. The molecular formula is C7H13BO2. The zero-order valence-electron chi connectivity index (χ0n) is 6.76. The highest BCUT2D eigenvalue weighted by atomic mass is 16.8. The molecule has 0 aliphatic carbocycles. The van der Waals surface area contributed by atoms with Gasteiger partial charge in [0.15, 0.2) is 0 Å². The predicted octanol–water partition coefficient (Wildman–Crippen LogP) is 1.62. The summed E-state index contributed by atoms with van der Waals surface area (Å²) in [6.45, 7) is 9.79. The first-order chi connectivity index (χ1) is 4.54. The maximum atomic E-state index is 5.31. The summed E-state index contributed by atoms with van der Waals surface area (Å²) in [5.74, 6) is 1.66. The van der Waals surface area contributed by atoms with Crippen LogP contribution in [0.1, 0.15) is 20.8 Å². The lowest BCUT2D eigenvalue weighted by Crippen LogP contribution is -2.50. The van der Waals surface area contributed by atoms with E-state index in [1.54, 1.807) is 5.98 Å². The standard InChI is InChI=1S/C7H13BO2/c1-5-8-9-6(10-8)7(2,3)4/h5-6H,1H2,2-4H3. The summed E-state index contributed by atoms with van der Waals surface area (Å²) >= 11 is 0. The van der Waals surface area contributed by atoms with Gasteiger partial charge in [0.1, 0.15) is 6.29 Å². The van der Waals surface area contributed by atoms with Crippen LogP contribution in [-0.2, 0) is 9.31 Å². The van der Waals surface area contributed by atoms with E-state index in [-0.39, 0.29) is 18.8 Å². The Morgan fingerprint density at radius 3 is 2.20 bits per heavy atom. The van der Waals surface area contributed by atoms with E-state index in [1.165, 1.54) is 0 Å². The Labute approximate surface area is 62.4 Å². The molecule has 1 aliphatic heterocycles. The Morgan fingerprint density at radius 1 is 1.40 bits per heavy atom. The third-order valence-corrected chi connectivity index (χ3v) is 1.41. The Kier molecular flexibility index (Phi) is 1.88. The van der Waals surface area contributed by atoms with Crippen molar-refractivity contribution < 1.29 is 9.31 Å². The zero-order chi connectivity index (χ0) is 7.78. The maximum Gasteiger partial charge on any atom is 0.489 e. The number of rotatable bonds is 1. The summed E-state index contributed by atoms with van der Waals surface area (Å²) in [6.07, 6.45) is -0.0597. The molecule has 1 saturated heterocycles. The molecule has 1 rings (SSSR count). The van der Waals surface area contributed by atoms with Gasteiger partial charge in [-0.15, -0.1) is 6.58 Å². The van der Waals surface area contributed by atoms with Crippen molar-refractivity contribution in [3.8, 4) is 0 Å². The van der Waals surface area contributed by atoms with Gasteiger partial charge in [-0.3, -0.25) is 0 Å². The van der Waals surface area contributed by atoms with Crippen molar-refractivity contribution in [2.24, 2.45) is 5.41 Å². The van der Waals surface area contributed by atoms with Gasteiger partial charge in [-0.2, -0.15) is 0 Å². The predicted molar refractivity (Wildman–Crippen MR) is 41.4 cm³/mol. The lowest BCUT2D eigenvalue weighted by Gasteiger charge is -2.40. The molecule has 1 aliphatic rings. The quantitative estimate of drug-likeness (QED) is 0.515. The Balaban J connectivity index is 2.32. The van der Waals surface area contributed by atoms with Gasteiger partial charge in [0, 0.05) is 5.41 Å². The van der Waals surface area contributed by atoms with Crippen LogP contribution in [0.4, 0.5) is 0 Å². The van der Waals surface area contributed by atoms with Gasteiger partial charge in [-0.25, -0.2) is 0 Å². The molecule has 0 bridgehead atoms. The van der Waals surface area contributed by atoms with E-state index in [0.29, 0.717) is 0 Å². The smallest absolute Gasteiger partial charge is 0.382 e. The summed E-state index contributed by atoms with van der Waals surface area (Å²) in [6, 6.07) is 0. The molecular weight excluding hydrogens is 127 g/mol. The van der Waals surface area contributed by atoms with Crippen molar-refractivity contribution in [2.75, 3.05) is 0 Å². The second-order valence-corrected chi connectivity index (χ2v) is 3.57. The van der Waals surface area contributed by atoms with Gasteiger partial charge < -0.3 is 9.31 Å². The van der Waals surface area contributed by atoms with E-state index in [9.17, 15) is 0 Å². The molecule has 0 N–H and O–H groups in total. The first-order valence-corrected chi connectivity index (χ1v) is 3.47. The molecule has 2 nitrogen and oxygen atoms in total. The molecule has 0 amide bonds. The third kappa shape index (κ3) is 1.41. The molecule has 10 heavy (non-hydrogen) atoms. The molecule has 0 aromatic heterocycles. The van der Waals surface area contributed by atoms with Crippen LogP contribution in [0.2, 0.25) is 0 Å². The van der Waals surface area contributed by atoms with Gasteiger partial charge in [0.05, 0.1) is 0 Å². The molecule has 0 unspecified atom stereocenters. The minimum Gasteiger partial charge on any atom is -0.382 e. The Morgan fingerprint density at radius 2 is 1.90 bits per heavy atom. The highest BCUT2D eigenvalue weighted by Gasteiger charge is 2.41. The van der Waals surface area contributed by atoms with Gasteiger partial charge >= 0.3 is 7.12 Å². The van der Waals surface area contributed by atoms with E-state index in [0.717, 1.165) is 0 Å². The fraction of sp³-hybridized carbons (Fsp3) is 0.714. The first kappa shape index (κ1) is 7.83. The summed E-state index contributed by atoms with van der Waals surface area (Å²) in [5.41, 5.74) is 0.0828. The second kappa shape index (κ2) is 2.40. The van der Waals surface area contributed by atoms with E-state index in [4.69, 9.17) is 9.31 Å². The monoisotopic (exact) mass is 140 g/mol. The van der Waals surface area contributed by atoms with E-state index >= 15 is 0 Å². The van der Waals surface area contributed by atoms with E-state index in [1.807, 2.05) is 0 Å². The Hall–Kier alpha value is -0.275. The van der Waals surface area contributed by atoms with Crippen molar-refractivity contribution in [2.45, 2.75) is 27.1 Å². The van der Waals surface area contributed by atoms with Gasteiger partial charge in [0.2, 0.25) is 0 Å². The second-order valence-electron chi connectivity index (χ2n) is 3.57. The molecule has 3 heteroatoms. The topological polar surface area (TPSA) is 18.5 Å². The molecule has 0 radical (unpaired) electrons. The van der Waals surface area contributed by atoms with Crippen LogP contribution in [0.25, 0.3) is 0 Å². The fourth-order valence-electron chi connectivity index (χ4n) is 0.773. The van der Waals surface area contributed by atoms with Crippen LogP contribution in [0.15, 0.2) is 12.6 Å². The first-order valence-electron chi connectivity index (χ1n) is 3.47. The fourth-order valence-corrected chi connectivity index (χ4v) is 0.773. The lowest BCUT2D eigenvalue weighted by molar-refractivity contribution is -0.168. The minimum atomic E-state index is -0.177. The van der Waals surface area contributed by atoms with Crippen molar-refractivity contribution in [3.05, 3.63) is 12.6 Å². The molecule has 0 saturated carbocycles. The van der Waals surface area contributed by atoms with E-state index < -0.39 is 0 Å². The van der Waals surface area contributed by atoms with Gasteiger partial charge in [0.25, 0.3) is 0 Å². The van der Waals surface area contributed by atoms with Crippen LogP contribution in [0, 0.1) is 5.41 Å². The lowest BCUT2D eigenvalue weighted by atomic mass is 9.82. The number of hydrogen-bond acceptors (Lipinski definition) is 2. The van der Waals surface area contributed by atoms with Gasteiger partial charge in [-0.1, -0.05) is 26.7 Å². The van der Waals surface area contributed by atoms with Gasteiger partial charge in [-0.05, 0) is 0 Å².